The van der Waals surface area contributed by atoms with Gasteiger partial charge in [-0.1, -0.05) is 56.3 Å². The van der Waals surface area contributed by atoms with Crippen LogP contribution in [0.2, 0.25) is 0 Å². The number of carboxylic acid groups (broad SMARTS) is 3. The van der Waals surface area contributed by atoms with Crippen molar-refractivity contribution < 1.29 is 29.7 Å². The lowest BCUT2D eigenvalue weighted by Gasteiger charge is -2.35. The highest BCUT2D eigenvalue weighted by Crippen LogP contribution is 2.04. The van der Waals surface area contributed by atoms with Gasteiger partial charge in [-0.25, -0.2) is 0 Å². The van der Waals surface area contributed by atoms with Gasteiger partial charge in [0.05, 0.1) is 11.9 Å². The zero-order chi connectivity index (χ0) is 21.4. The number of amides is 1. The summed E-state index contributed by atoms with van der Waals surface area (Å²) in [4.78, 5) is 33.1. The van der Waals surface area contributed by atoms with E-state index in [9.17, 15) is 29.7 Å². The van der Waals surface area contributed by atoms with Gasteiger partial charge in [0.15, 0.2) is 0 Å². The van der Waals surface area contributed by atoms with Gasteiger partial charge in [0.25, 0.3) is 0 Å². The third-order valence-corrected chi connectivity index (χ3v) is 3.46. The Morgan fingerprint density at radius 3 is 1.86 bits per heavy atom. The molecule has 0 atom stereocenters. The van der Waals surface area contributed by atoms with E-state index in [-0.39, 0.29) is 0 Å². The second kappa shape index (κ2) is 15.0. The first-order valence-electron chi connectivity index (χ1n) is 8.59. The number of hydrogen-bond donors (Lipinski definition) is 0. The SMILES string of the molecule is O=C([O-])/C=C\C(=O)[O-].O=C([O-])N1CCN(C/C=C/c2ccccc2)CC1.[CH2]C. The van der Waals surface area contributed by atoms with E-state index in [2.05, 4.69) is 36.1 Å². The summed E-state index contributed by atoms with van der Waals surface area (Å²) >= 11 is 0. The molecule has 1 radical (unpaired) electrons. The number of piperazine rings is 1. The molecule has 8 heteroatoms. The largest absolute Gasteiger partial charge is 0.545 e. The molecule has 1 fully saturated rings. The molecule has 1 aliphatic heterocycles. The molecule has 0 unspecified atom stereocenters. The molecule has 8 nitrogen and oxygen atoms in total. The number of carbonyl (C=O) groups excluding carboxylic acids is 3. The van der Waals surface area contributed by atoms with E-state index in [0.717, 1.165) is 19.6 Å². The van der Waals surface area contributed by atoms with E-state index in [4.69, 9.17) is 0 Å². The lowest BCUT2D eigenvalue weighted by Crippen LogP contribution is -2.52. The van der Waals surface area contributed by atoms with Crippen LogP contribution in [0, 0.1) is 6.92 Å². The molecule has 1 heterocycles. The highest BCUT2D eigenvalue weighted by molar-refractivity contribution is 5.87. The van der Waals surface area contributed by atoms with Gasteiger partial charge in [0, 0.05) is 32.7 Å². The van der Waals surface area contributed by atoms with Gasteiger partial charge >= 0.3 is 0 Å². The summed E-state index contributed by atoms with van der Waals surface area (Å²) in [6, 6.07) is 10.1. The van der Waals surface area contributed by atoms with Gasteiger partial charge in [-0.3, -0.25) is 4.90 Å². The topological polar surface area (TPSA) is 127 Å². The van der Waals surface area contributed by atoms with Crippen LogP contribution in [0.15, 0.2) is 48.6 Å². The molecule has 153 valence electrons. The summed E-state index contributed by atoms with van der Waals surface area (Å²) in [5.41, 5.74) is 1.19. The van der Waals surface area contributed by atoms with Gasteiger partial charge in [0.1, 0.15) is 6.09 Å². The maximum atomic E-state index is 10.6. The first-order chi connectivity index (χ1) is 13.4. The first-order valence-corrected chi connectivity index (χ1v) is 8.59. The van der Waals surface area contributed by atoms with E-state index < -0.39 is 18.0 Å². The molecule has 2 rings (SSSR count). The average Bonchev–Trinajstić information content (AvgIpc) is 2.70. The minimum atomic E-state index is -1.55. The molecule has 1 aromatic carbocycles. The van der Waals surface area contributed by atoms with Crippen LogP contribution in [0.5, 0.6) is 0 Å². The fourth-order valence-electron chi connectivity index (χ4n) is 2.15. The van der Waals surface area contributed by atoms with Crippen molar-refractivity contribution in [1.82, 2.24) is 9.80 Å². The van der Waals surface area contributed by atoms with Gasteiger partial charge in [-0.2, -0.15) is 0 Å². The molecule has 0 aromatic heterocycles. The predicted octanol–water partition coefficient (Wildman–Crippen LogP) is -1.46. The van der Waals surface area contributed by atoms with Crippen LogP contribution in [0.1, 0.15) is 12.5 Å². The summed E-state index contributed by atoms with van der Waals surface area (Å²) < 4.78 is 0. The van der Waals surface area contributed by atoms with Gasteiger partial charge in [-0.05, 0) is 17.7 Å². The number of carboxylic acids is 2. The van der Waals surface area contributed by atoms with E-state index in [0.29, 0.717) is 25.2 Å². The van der Waals surface area contributed by atoms with Crippen LogP contribution in [0.3, 0.4) is 0 Å². The van der Waals surface area contributed by atoms with Gasteiger partial charge in [0.2, 0.25) is 0 Å². The summed E-state index contributed by atoms with van der Waals surface area (Å²) in [6.45, 7) is 8.49. The molecular formula is C20H24N2O6-3. The Morgan fingerprint density at radius 2 is 1.43 bits per heavy atom. The average molecular weight is 388 g/mol. The highest BCUT2D eigenvalue weighted by Gasteiger charge is 2.14. The zero-order valence-electron chi connectivity index (χ0n) is 15.8. The number of rotatable bonds is 5. The van der Waals surface area contributed by atoms with E-state index in [1.54, 1.807) is 6.92 Å². The van der Waals surface area contributed by atoms with Crippen molar-refractivity contribution in [3.05, 3.63) is 61.0 Å². The van der Waals surface area contributed by atoms with Crippen LogP contribution in [-0.2, 0) is 9.59 Å². The Hall–Kier alpha value is -3.13. The second-order valence-corrected chi connectivity index (χ2v) is 5.34. The Bertz CT molecular complexity index is 634. The molecule has 1 aliphatic rings. The first kappa shape index (κ1) is 24.9. The maximum absolute atomic E-state index is 10.6. The normalized spacial score (nSPS) is 14.0. The molecule has 0 N–H and O–H groups in total. The minimum absolute atomic E-state index is 0.384. The lowest BCUT2D eigenvalue weighted by atomic mass is 10.2. The second-order valence-electron chi connectivity index (χ2n) is 5.34. The van der Waals surface area contributed by atoms with E-state index >= 15 is 0 Å². The fourth-order valence-corrected chi connectivity index (χ4v) is 2.15. The lowest BCUT2D eigenvalue weighted by molar-refractivity contribution is -0.301. The molecule has 1 aromatic rings. The molecule has 1 saturated heterocycles. The van der Waals surface area contributed by atoms with Crippen LogP contribution >= 0.6 is 0 Å². The Labute approximate surface area is 165 Å². The van der Waals surface area contributed by atoms with Crippen molar-refractivity contribution in [2.45, 2.75) is 6.92 Å². The van der Waals surface area contributed by atoms with E-state index in [1.807, 2.05) is 18.2 Å². The molecule has 0 aliphatic carbocycles. The van der Waals surface area contributed by atoms with Crippen molar-refractivity contribution in [2.24, 2.45) is 0 Å². The summed E-state index contributed by atoms with van der Waals surface area (Å²) in [6.07, 6.45) is 3.91. The molecule has 0 bridgehead atoms. The molecule has 0 saturated carbocycles. The number of aliphatic carboxylic acids is 2. The van der Waals surface area contributed by atoms with Crippen LogP contribution < -0.4 is 15.3 Å². The Balaban J connectivity index is 0.000000618. The number of nitrogens with zero attached hydrogens (tertiary/aromatic N) is 2. The predicted molar refractivity (Wildman–Crippen MR) is 99.1 cm³/mol. The van der Waals surface area contributed by atoms with Crippen molar-refractivity contribution in [3.8, 4) is 0 Å². The monoisotopic (exact) mass is 388 g/mol. The standard InChI is InChI=1S/C14H18N2O2.C4H4O4.C2H5/c17-14(18)16-11-9-15(10-12-16)8-4-7-13-5-2-1-3-6-13;5-3(6)1-2-4(7)8;1-2/h1-7H,8-12H2,(H,17,18);1-2H,(H,5,6)(H,7,8);1H2,2H3/p-3/b7-4+;2-1-;. The number of hydrogen-bond acceptors (Lipinski definition) is 7. The summed E-state index contributed by atoms with van der Waals surface area (Å²) in [5, 5.41) is 29.5. The number of benzene rings is 1. The zero-order valence-corrected chi connectivity index (χ0v) is 15.8. The molecule has 28 heavy (non-hydrogen) atoms. The van der Waals surface area contributed by atoms with Gasteiger partial charge < -0.3 is 34.6 Å². The van der Waals surface area contributed by atoms with Crippen molar-refractivity contribution >= 4 is 24.1 Å². The summed E-state index contributed by atoms with van der Waals surface area (Å²) in [7, 11) is 0. The van der Waals surface area contributed by atoms with Crippen LogP contribution in [0.25, 0.3) is 6.08 Å². The Kier molecular flexibility index (Phi) is 13.3. The number of carbonyl (C=O) groups is 3. The quantitative estimate of drug-likeness (QED) is 0.564. The molecular weight excluding hydrogens is 364 g/mol. The third-order valence-electron chi connectivity index (χ3n) is 3.46. The molecule has 0 spiro atoms. The smallest absolute Gasteiger partial charge is 0.137 e. The van der Waals surface area contributed by atoms with Crippen LogP contribution in [0.4, 0.5) is 4.79 Å². The minimum Gasteiger partial charge on any atom is -0.545 e. The third kappa shape index (κ3) is 12.3. The fraction of sp³-hybridized carbons (Fsp3) is 0.300. The van der Waals surface area contributed by atoms with Crippen LogP contribution in [-0.4, -0.2) is 60.6 Å². The highest BCUT2D eigenvalue weighted by atomic mass is 16.4. The maximum Gasteiger partial charge on any atom is 0.137 e. The van der Waals surface area contributed by atoms with Crippen molar-refractivity contribution in [2.75, 3.05) is 32.7 Å². The molecule has 1 amide bonds. The van der Waals surface area contributed by atoms with E-state index in [1.165, 1.54) is 10.5 Å². The summed E-state index contributed by atoms with van der Waals surface area (Å²) in [5.74, 6) is -3.09. The van der Waals surface area contributed by atoms with Crippen molar-refractivity contribution in [1.29, 1.82) is 0 Å². The van der Waals surface area contributed by atoms with Gasteiger partial charge in [-0.15, -0.1) is 0 Å². The van der Waals surface area contributed by atoms with Crippen molar-refractivity contribution in [3.63, 3.8) is 0 Å². The Morgan fingerprint density at radius 1 is 0.929 bits per heavy atom.